The Morgan fingerprint density at radius 2 is 1.81 bits per heavy atom. The Kier molecular flexibility index (Phi) is 4.77. The molecule has 138 valence electrons. The zero-order valence-corrected chi connectivity index (χ0v) is 15.3. The predicted molar refractivity (Wildman–Crippen MR) is 106 cm³/mol. The standard InChI is InChI=1S/C22H22N2O3/c1-15-12-21(25)27-20-13-18(8-9-19(15)20)23-22(26)17-6-4-16(5-7-17)14-24-10-2-3-11-24/h4-9,12-13H,2-3,10-11,14H2,1H3,(H,23,26). The van der Waals surface area contributed by atoms with Crippen LogP contribution in [0, 0.1) is 6.92 Å². The topological polar surface area (TPSA) is 62.6 Å². The highest BCUT2D eigenvalue weighted by molar-refractivity contribution is 6.05. The number of hydrogen-bond donors (Lipinski definition) is 1. The third kappa shape index (κ3) is 3.93. The summed E-state index contributed by atoms with van der Waals surface area (Å²) in [5.41, 5.74) is 3.35. The minimum absolute atomic E-state index is 0.183. The highest BCUT2D eigenvalue weighted by Gasteiger charge is 2.12. The third-order valence-corrected chi connectivity index (χ3v) is 5.03. The van der Waals surface area contributed by atoms with Gasteiger partial charge in [0.05, 0.1) is 0 Å². The second-order valence-corrected chi connectivity index (χ2v) is 7.09. The van der Waals surface area contributed by atoms with Gasteiger partial charge in [0.1, 0.15) is 5.58 Å². The molecule has 27 heavy (non-hydrogen) atoms. The van der Waals surface area contributed by atoms with Crippen LogP contribution in [-0.2, 0) is 6.54 Å². The molecular formula is C22H22N2O3. The summed E-state index contributed by atoms with van der Waals surface area (Å²) in [6.07, 6.45) is 2.54. The lowest BCUT2D eigenvalue weighted by Crippen LogP contribution is -2.18. The molecule has 0 saturated carbocycles. The molecule has 0 radical (unpaired) electrons. The molecule has 1 amide bonds. The van der Waals surface area contributed by atoms with E-state index < -0.39 is 5.63 Å². The molecule has 1 saturated heterocycles. The quantitative estimate of drug-likeness (QED) is 0.714. The van der Waals surface area contributed by atoms with E-state index in [0.717, 1.165) is 30.6 Å². The molecule has 0 aliphatic carbocycles. The molecule has 1 aromatic heterocycles. The molecule has 0 unspecified atom stereocenters. The molecular weight excluding hydrogens is 340 g/mol. The lowest BCUT2D eigenvalue weighted by Gasteiger charge is -2.14. The van der Waals surface area contributed by atoms with Crippen LogP contribution in [0.3, 0.4) is 0 Å². The lowest BCUT2D eigenvalue weighted by molar-refractivity contribution is 0.102. The van der Waals surface area contributed by atoms with Crippen LogP contribution in [0.15, 0.2) is 57.7 Å². The highest BCUT2D eigenvalue weighted by Crippen LogP contribution is 2.21. The lowest BCUT2D eigenvalue weighted by atomic mass is 10.1. The Bertz CT molecular complexity index is 1030. The minimum Gasteiger partial charge on any atom is -0.423 e. The second kappa shape index (κ2) is 7.37. The number of carbonyl (C=O) groups is 1. The van der Waals surface area contributed by atoms with Gasteiger partial charge in [-0.3, -0.25) is 9.69 Å². The third-order valence-electron chi connectivity index (χ3n) is 5.03. The highest BCUT2D eigenvalue weighted by atomic mass is 16.4. The number of fused-ring (bicyclic) bond motifs is 1. The number of carbonyl (C=O) groups excluding carboxylic acids is 1. The van der Waals surface area contributed by atoms with Crippen molar-refractivity contribution in [3.05, 3.63) is 75.6 Å². The number of likely N-dealkylation sites (tertiary alicyclic amines) is 1. The van der Waals surface area contributed by atoms with Crippen molar-refractivity contribution in [2.24, 2.45) is 0 Å². The van der Waals surface area contributed by atoms with E-state index in [1.807, 2.05) is 43.3 Å². The van der Waals surface area contributed by atoms with Crippen LogP contribution >= 0.6 is 0 Å². The average molecular weight is 362 g/mol. The molecule has 1 aliphatic heterocycles. The number of nitrogens with one attached hydrogen (secondary N) is 1. The number of amides is 1. The number of rotatable bonds is 4. The Hall–Kier alpha value is -2.92. The molecule has 0 atom stereocenters. The molecule has 5 nitrogen and oxygen atoms in total. The van der Waals surface area contributed by atoms with Gasteiger partial charge in [0, 0.05) is 35.3 Å². The van der Waals surface area contributed by atoms with E-state index in [1.54, 1.807) is 6.07 Å². The first-order valence-electron chi connectivity index (χ1n) is 9.26. The van der Waals surface area contributed by atoms with E-state index in [2.05, 4.69) is 10.2 Å². The van der Waals surface area contributed by atoms with E-state index in [4.69, 9.17) is 4.42 Å². The van der Waals surface area contributed by atoms with Crippen LogP contribution in [0.4, 0.5) is 5.69 Å². The second-order valence-electron chi connectivity index (χ2n) is 7.09. The Morgan fingerprint density at radius 3 is 2.56 bits per heavy atom. The fourth-order valence-electron chi connectivity index (χ4n) is 3.57. The average Bonchev–Trinajstić information content (AvgIpc) is 3.15. The molecule has 0 bridgehead atoms. The van der Waals surface area contributed by atoms with Crippen molar-refractivity contribution >= 4 is 22.6 Å². The maximum absolute atomic E-state index is 12.5. The number of aryl methyl sites for hydroxylation is 1. The molecule has 1 N–H and O–H groups in total. The van der Waals surface area contributed by atoms with Crippen molar-refractivity contribution in [1.29, 1.82) is 0 Å². The largest absolute Gasteiger partial charge is 0.423 e. The van der Waals surface area contributed by atoms with E-state index in [1.165, 1.54) is 24.5 Å². The summed E-state index contributed by atoms with van der Waals surface area (Å²) in [6.45, 7) is 5.10. The summed E-state index contributed by atoms with van der Waals surface area (Å²) in [4.78, 5) is 26.5. The van der Waals surface area contributed by atoms with Crippen molar-refractivity contribution in [2.75, 3.05) is 18.4 Å². The first-order chi connectivity index (χ1) is 13.1. The summed E-state index contributed by atoms with van der Waals surface area (Å²) in [5, 5.41) is 3.73. The van der Waals surface area contributed by atoms with Gasteiger partial charge in [-0.05, 0) is 68.2 Å². The van der Waals surface area contributed by atoms with Gasteiger partial charge in [-0.2, -0.15) is 0 Å². The Balaban J connectivity index is 1.48. The fraction of sp³-hybridized carbons (Fsp3) is 0.273. The van der Waals surface area contributed by atoms with E-state index in [-0.39, 0.29) is 5.91 Å². The van der Waals surface area contributed by atoms with Crippen molar-refractivity contribution in [3.63, 3.8) is 0 Å². The zero-order chi connectivity index (χ0) is 18.8. The summed E-state index contributed by atoms with van der Waals surface area (Å²) in [7, 11) is 0. The maximum atomic E-state index is 12.5. The Morgan fingerprint density at radius 1 is 1.07 bits per heavy atom. The van der Waals surface area contributed by atoms with Crippen LogP contribution in [0.5, 0.6) is 0 Å². The molecule has 2 aromatic carbocycles. The zero-order valence-electron chi connectivity index (χ0n) is 15.3. The molecule has 3 aromatic rings. The molecule has 4 rings (SSSR count). The van der Waals surface area contributed by atoms with E-state index >= 15 is 0 Å². The van der Waals surface area contributed by atoms with Crippen molar-refractivity contribution in [2.45, 2.75) is 26.3 Å². The van der Waals surface area contributed by atoms with Gasteiger partial charge in [-0.25, -0.2) is 4.79 Å². The van der Waals surface area contributed by atoms with Crippen molar-refractivity contribution in [3.8, 4) is 0 Å². The predicted octanol–water partition coefficient (Wildman–Crippen LogP) is 3.95. The molecule has 5 heteroatoms. The van der Waals surface area contributed by atoms with Gasteiger partial charge < -0.3 is 9.73 Å². The molecule has 1 aliphatic rings. The van der Waals surface area contributed by atoms with E-state index in [0.29, 0.717) is 16.8 Å². The maximum Gasteiger partial charge on any atom is 0.336 e. The Labute approximate surface area is 157 Å². The monoisotopic (exact) mass is 362 g/mol. The number of nitrogens with zero attached hydrogens (tertiary/aromatic N) is 1. The van der Waals surface area contributed by atoms with Gasteiger partial charge in [-0.15, -0.1) is 0 Å². The van der Waals surface area contributed by atoms with Gasteiger partial charge in [0.15, 0.2) is 0 Å². The minimum atomic E-state index is -0.392. The van der Waals surface area contributed by atoms with Crippen LogP contribution in [-0.4, -0.2) is 23.9 Å². The number of hydrogen-bond acceptors (Lipinski definition) is 4. The summed E-state index contributed by atoms with van der Waals surface area (Å²) in [5.74, 6) is -0.183. The normalized spacial score (nSPS) is 14.6. The summed E-state index contributed by atoms with van der Waals surface area (Å²) >= 11 is 0. The molecule has 1 fully saturated rings. The van der Waals surface area contributed by atoms with Crippen LogP contribution in [0.1, 0.15) is 34.3 Å². The van der Waals surface area contributed by atoms with Crippen LogP contribution in [0.2, 0.25) is 0 Å². The van der Waals surface area contributed by atoms with Crippen molar-refractivity contribution < 1.29 is 9.21 Å². The summed E-state index contributed by atoms with van der Waals surface area (Å²) < 4.78 is 5.24. The van der Waals surface area contributed by atoms with Gasteiger partial charge in [-0.1, -0.05) is 12.1 Å². The first kappa shape index (κ1) is 17.5. The fourth-order valence-corrected chi connectivity index (χ4v) is 3.57. The summed E-state index contributed by atoms with van der Waals surface area (Å²) in [6, 6.07) is 14.5. The number of benzene rings is 2. The van der Waals surface area contributed by atoms with Crippen LogP contribution < -0.4 is 10.9 Å². The van der Waals surface area contributed by atoms with Gasteiger partial charge >= 0.3 is 5.63 Å². The molecule has 2 heterocycles. The van der Waals surface area contributed by atoms with Gasteiger partial charge in [0.2, 0.25) is 0 Å². The van der Waals surface area contributed by atoms with Crippen LogP contribution in [0.25, 0.3) is 11.0 Å². The number of anilines is 1. The smallest absolute Gasteiger partial charge is 0.336 e. The SMILES string of the molecule is Cc1cc(=O)oc2cc(NC(=O)c3ccc(CN4CCCC4)cc3)ccc12. The van der Waals surface area contributed by atoms with E-state index in [9.17, 15) is 9.59 Å². The molecule has 0 spiro atoms. The van der Waals surface area contributed by atoms with Gasteiger partial charge in [0.25, 0.3) is 5.91 Å². The van der Waals surface area contributed by atoms with Crippen molar-refractivity contribution in [1.82, 2.24) is 4.90 Å². The first-order valence-corrected chi connectivity index (χ1v) is 9.26.